The third-order valence-electron chi connectivity index (χ3n) is 3.85. The Labute approximate surface area is 142 Å². The minimum absolute atomic E-state index is 0.197. The number of H-pyrrole nitrogens is 1. The molecule has 4 aromatic heterocycles. The topological polar surface area (TPSA) is 118 Å². The van der Waals surface area contributed by atoms with Crippen LogP contribution in [0.4, 0.5) is 5.82 Å². The number of nitrogens with zero attached hydrogens (tertiary/aromatic N) is 6. The van der Waals surface area contributed by atoms with Crippen molar-refractivity contribution in [1.29, 1.82) is 0 Å². The highest BCUT2D eigenvalue weighted by Gasteiger charge is 2.24. The molecule has 4 rings (SSSR count). The summed E-state index contributed by atoms with van der Waals surface area (Å²) in [7, 11) is 0. The van der Waals surface area contributed by atoms with Crippen LogP contribution in [-0.2, 0) is 0 Å². The van der Waals surface area contributed by atoms with Gasteiger partial charge in [0.1, 0.15) is 18.2 Å². The van der Waals surface area contributed by atoms with Crippen LogP contribution in [0.15, 0.2) is 41.6 Å². The van der Waals surface area contributed by atoms with Crippen LogP contribution in [0.2, 0.25) is 0 Å². The van der Waals surface area contributed by atoms with E-state index in [1.165, 1.54) is 6.33 Å². The number of aromatic nitrogens is 7. The lowest BCUT2D eigenvalue weighted by molar-refractivity contribution is 0.336. The lowest BCUT2D eigenvalue weighted by Gasteiger charge is -2.19. The van der Waals surface area contributed by atoms with Crippen LogP contribution in [0.1, 0.15) is 25.8 Å². The van der Waals surface area contributed by atoms with E-state index in [0.717, 1.165) is 10.9 Å². The molecule has 0 saturated heterocycles. The Hall–Kier alpha value is -3.36. The van der Waals surface area contributed by atoms with Gasteiger partial charge in [0.2, 0.25) is 11.7 Å². The average molecular weight is 336 g/mol. The van der Waals surface area contributed by atoms with Gasteiger partial charge in [-0.25, -0.2) is 9.97 Å². The van der Waals surface area contributed by atoms with E-state index in [1.54, 1.807) is 18.6 Å². The van der Waals surface area contributed by atoms with Gasteiger partial charge < -0.3 is 9.84 Å². The molecule has 1 atom stereocenters. The standard InChI is InChI=1S/C16H16N8O/c1-9(2)12(21-14-11-7-20-23-15(11)19-8-18-14)16-22-13(24-25-16)10-3-5-17-6-4-10/h3-9,12H,1-2H3,(H2,18,19,20,21,23). The molecule has 0 spiro atoms. The lowest BCUT2D eigenvalue weighted by Crippen LogP contribution is -2.18. The Kier molecular flexibility index (Phi) is 3.81. The van der Waals surface area contributed by atoms with Gasteiger partial charge >= 0.3 is 0 Å². The molecule has 0 amide bonds. The average Bonchev–Trinajstić information content (AvgIpc) is 3.30. The maximum absolute atomic E-state index is 5.50. The van der Waals surface area contributed by atoms with Crippen LogP contribution in [0.25, 0.3) is 22.4 Å². The largest absolute Gasteiger partial charge is 0.357 e. The fraction of sp³-hybridized carbons (Fsp3) is 0.250. The minimum Gasteiger partial charge on any atom is -0.357 e. The van der Waals surface area contributed by atoms with Crippen LogP contribution in [-0.4, -0.2) is 35.3 Å². The number of anilines is 1. The van der Waals surface area contributed by atoms with Crippen molar-refractivity contribution >= 4 is 16.9 Å². The van der Waals surface area contributed by atoms with E-state index < -0.39 is 0 Å². The molecule has 9 heteroatoms. The summed E-state index contributed by atoms with van der Waals surface area (Å²) < 4.78 is 5.50. The first-order chi connectivity index (χ1) is 12.2. The maximum Gasteiger partial charge on any atom is 0.249 e. The Morgan fingerprint density at radius 2 is 2.00 bits per heavy atom. The lowest BCUT2D eigenvalue weighted by atomic mass is 10.0. The second kappa shape index (κ2) is 6.27. The van der Waals surface area contributed by atoms with Crippen molar-refractivity contribution in [3.63, 3.8) is 0 Å². The Morgan fingerprint density at radius 1 is 1.16 bits per heavy atom. The molecule has 4 heterocycles. The third kappa shape index (κ3) is 2.91. The summed E-state index contributed by atoms with van der Waals surface area (Å²) in [6.45, 7) is 4.14. The zero-order chi connectivity index (χ0) is 17.2. The van der Waals surface area contributed by atoms with Gasteiger partial charge in [0.15, 0.2) is 5.65 Å². The molecule has 2 N–H and O–H groups in total. The predicted molar refractivity (Wildman–Crippen MR) is 90.4 cm³/mol. The molecule has 0 bridgehead atoms. The fourth-order valence-corrected chi connectivity index (χ4v) is 2.52. The third-order valence-corrected chi connectivity index (χ3v) is 3.85. The maximum atomic E-state index is 5.50. The van der Waals surface area contributed by atoms with Crippen molar-refractivity contribution in [2.24, 2.45) is 5.92 Å². The summed E-state index contributed by atoms with van der Waals surface area (Å²) >= 11 is 0. The van der Waals surface area contributed by atoms with Crippen molar-refractivity contribution in [3.8, 4) is 11.4 Å². The highest BCUT2D eigenvalue weighted by Crippen LogP contribution is 2.28. The SMILES string of the molecule is CC(C)C(Nc1ncnc2[nH]ncc12)c1nc(-c2ccncc2)no1. The first-order valence-electron chi connectivity index (χ1n) is 7.87. The molecule has 0 radical (unpaired) electrons. The van der Waals surface area contributed by atoms with Crippen molar-refractivity contribution in [1.82, 2.24) is 35.3 Å². The number of pyridine rings is 1. The van der Waals surface area contributed by atoms with E-state index in [1.807, 2.05) is 12.1 Å². The molecule has 0 aliphatic heterocycles. The van der Waals surface area contributed by atoms with E-state index in [4.69, 9.17) is 4.52 Å². The Balaban J connectivity index is 1.66. The molecule has 0 aromatic carbocycles. The molecule has 0 aliphatic rings. The van der Waals surface area contributed by atoms with Crippen LogP contribution >= 0.6 is 0 Å². The summed E-state index contributed by atoms with van der Waals surface area (Å²) in [4.78, 5) is 17.0. The number of hydrogen-bond acceptors (Lipinski definition) is 8. The summed E-state index contributed by atoms with van der Waals surface area (Å²) in [5.41, 5.74) is 1.52. The number of nitrogens with one attached hydrogen (secondary N) is 2. The molecule has 0 aliphatic carbocycles. The van der Waals surface area contributed by atoms with Gasteiger partial charge in [-0.3, -0.25) is 10.1 Å². The summed E-state index contributed by atoms with van der Waals surface area (Å²) in [6.07, 6.45) is 6.56. The zero-order valence-corrected chi connectivity index (χ0v) is 13.7. The monoisotopic (exact) mass is 336 g/mol. The van der Waals surface area contributed by atoms with Gasteiger partial charge in [-0.2, -0.15) is 10.1 Å². The van der Waals surface area contributed by atoms with Crippen molar-refractivity contribution in [2.75, 3.05) is 5.32 Å². The minimum atomic E-state index is -0.198. The first-order valence-corrected chi connectivity index (χ1v) is 7.87. The predicted octanol–water partition coefficient (Wildman–Crippen LogP) is 2.61. The van der Waals surface area contributed by atoms with Crippen LogP contribution in [0, 0.1) is 5.92 Å². The van der Waals surface area contributed by atoms with Crippen molar-refractivity contribution in [2.45, 2.75) is 19.9 Å². The van der Waals surface area contributed by atoms with E-state index in [9.17, 15) is 0 Å². The van der Waals surface area contributed by atoms with Gasteiger partial charge in [0.05, 0.1) is 11.6 Å². The molecule has 9 nitrogen and oxygen atoms in total. The molecular weight excluding hydrogens is 320 g/mol. The van der Waals surface area contributed by atoms with E-state index in [2.05, 4.69) is 54.5 Å². The smallest absolute Gasteiger partial charge is 0.249 e. The molecule has 0 fully saturated rings. The highest BCUT2D eigenvalue weighted by molar-refractivity contribution is 5.85. The number of aromatic amines is 1. The Bertz CT molecular complexity index is 978. The van der Waals surface area contributed by atoms with Crippen molar-refractivity contribution < 1.29 is 4.52 Å². The molecule has 0 saturated carbocycles. The number of fused-ring (bicyclic) bond motifs is 1. The van der Waals surface area contributed by atoms with Gasteiger partial charge in [0, 0.05) is 18.0 Å². The summed E-state index contributed by atoms with van der Waals surface area (Å²) in [6, 6.07) is 3.48. The van der Waals surface area contributed by atoms with Gasteiger partial charge in [0.25, 0.3) is 0 Å². The van der Waals surface area contributed by atoms with Crippen LogP contribution in [0.3, 0.4) is 0 Å². The van der Waals surface area contributed by atoms with E-state index in [-0.39, 0.29) is 12.0 Å². The van der Waals surface area contributed by atoms with Crippen LogP contribution < -0.4 is 5.32 Å². The zero-order valence-electron chi connectivity index (χ0n) is 13.7. The van der Waals surface area contributed by atoms with Crippen LogP contribution in [0.5, 0.6) is 0 Å². The summed E-state index contributed by atoms with van der Waals surface area (Å²) in [5, 5.41) is 15.1. The second-order valence-electron chi connectivity index (χ2n) is 5.91. The normalized spacial score (nSPS) is 12.6. The van der Waals surface area contributed by atoms with Gasteiger partial charge in [-0.15, -0.1) is 0 Å². The van der Waals surface area contributed by atoms with Gasteiger partial charge in [-0.05, 0) is 18.1 Å². The molecule has 126 valence electrons. The van der Waals surface area contributed by atoms with Crippen molar-refractivity contribution in [3.05, 3.63) is 42.9 Å². The fourth-order valence-electron chi connectivity index (χ4n) is 2.52. The first kappa shape index (κ1) is 15.2. The van der Waals surface area contributed by atoms with E-state index in [0.29, 0.717) is 23.2 Å². The summed E-state index contributed by atoms with van der Waals surface area (Å²) in [5.74, 6) is 1.89. The highest BCUT2D eigenvalue weighted by atomic mass is 16.5. The molecule has 25 heavy (non-hydrogen) atoms. The molecule has 1 unspecified atom stereocenters. The second-order valence-corrected chi connectivity index (χ2v) is 5.91. The quantitative estimate of drug-likeness (QED) is 0.571. The molecular formula is C16H16N8O. The Morgan fingerprint density at radius 3 is 2.80 bits per heavy atom. The number of hydrogen-bond donors (Lipinski definition) is 2. The van der Waals surface area contributed by atoms with Gasteiger partial charge in [-0.1, -0.05) is 19.0 Å². The van der Waals surface area contributed by atoms with E-state index >= 15 is 0 Å². The number of rotatable bonds is 5. The molecule has 4 aromatic rings.